The number of nitrogens with two attached hydrogens (primary N) is 1. The van der Waals surface area contributed by atoms with Crippen LogP contribution >= 0.6 is 15.9 Å². The van der Waals surface area contributed by atoms with E-state index >= 15 is 0 Å². The third kappa shape index (κ3) is 2.59. The van der Waals surface area contributed by atoms with Crippen LogP contribution in [0, 0.1) is 0 Å². The molecular formula is C12H9BrF3NO. The first kappa shape index (κ1) is 13.2. The lowest BCUT2D eigenvalue weighted by Crippen LogP contribution is -2.18. The highest BCUT2D eigenvalue weighted by Crippen LogP contribution is 2.37. The van der Waals surface area contributed by atoms with Crippen molar-refractivity contribution in [2.75, 3.05) is 0 Å². The SMILES string of the molecule is NC(c1ccoc1)c1ccc(Br)cc1C(F)(F)F. The van der Waals surface area contributed by atoms with Gasteiger partial charge in [0.1, 0.15) is 0 Å². The van der Waals surface area contributed by atoms with Crippen molar-refractivity contribution in [3.63, 3.8) is 0 Å². The summed E-state index contributed by atoms with van der Waals surface area (Å²) in [6.07, 6.45) is -1.73. The Balaban J connectivity index is 2.51. The molecule has 1 heterocycles. The van der Waals surface area contributed by atoms with E-state index in [9.17, 15) is 13.2 Å². The first-order chi connectivity index (χ1) is 8.39. The molecule has 2 nitrogen and oxygen atoms in total. The van der Waals surface area contributed by atoms with Gasteiger partial charge in [-0.1, -0.05) is 22.0 Å². The summed E-state index contributed by atoms with van der Waals surface area (Å²) in [6.45, 7) is 0. The van der Waals surface area contributed by atoms with E-state index in [1.54, 1.807) is 6.07 Å². The van der Waals surface area contributed by atoms with Crippen LogP contribution in [0.3, 0.4) is 0 Å². The van der Waals surface area contributed by atoms with Gasteiger partial charge in [-0.25, -0.2) is 0 Å². The fraction of sp³-hybridized carbons (Fsp3) is 0.167. The van der Waals surface area contributed by atoms with Gasteiger partial charge in [0.2, 0.25) is 0 Å². The van der Waals surface area contributed by atoms with E-state index < -0.39 is 17.8 Å². The van der Waals surface area contributed by atoms with Crippen LogP contribution < -0.4 is 5.73 Å². The number of furan rings is 1. The molecule has 0 amide bonds. The van der Waals surface area contributed by atoms with Gasteiger partial charge in [0.05, 0.1) is 24.1 Å². The molecular weight excluding hydrogens is 311 g/mol. The second-order valence-corrected chi connectivity index (χ2v) is 4.68. The number of hydrogen-bond acceptors (Lipinski definition) is 2. The molecule has 1 aromatic carbocycles. The van der Waals surface area contributed by atoms with Crippen LogP contribution in [-0.2, 0) is 6.18 Å². The van der Waals surface area contributed by atoms with Crippen molar-refractivity contribution < 1.29 is 17.6 Å². The topological polar surface area (TPSA) is 39.2 Å². The van der Waals surface area contributed by atoms with Gasteiger partial charge in [-0.2, -0.15) is 13.2 Å². The molecule has 0 fully saturated rings. The largest absolute Gasteiger partial charge is 0.472 e. The van der Waals surface area contributed by atoms with Gasteiger partial charge in [-0.15, -0.1) is 0 Å². The van der Waals surface area contributed by atoms with Crippen LogP contribution in [0.25, 0.3) is 0 Å². The monoisotopic (exact) mass is 319 g/mol. The molecule has 0 aliphatic heterocycles. The maximum Gasteiger partial charge on any atom is 0.416 e. The van der Waals surface area contributed by atoms with Crippen molar-refractivity contribution in [2.24, 2.45) is 5.73 Å². The van der Waals surface area contributed by atoms with E-state index in [2.05, 4.69) is 15.9 Å². The summed E-state index contributed by atoms with van der Waals surface area (Å²) in [7, 11) is 0. The van der Waals surface area contributed by atoms with Gasteiger partial charge in [0.25, 0.3) is 0 Å². The van der Waals surface area contributed by atoms with Crippen molar-refractivity contribution in [1.29, 1.82) is 0 Å². The maximum absolute atomic E-state index is 12.9. The highest BCUT2D eigenvalue weighted by Gasteiger charge is 2.35. The summed E-state index contributed by atoms with van der Waals surface area (Å²) in [4.78, 5) is 0. The van der Waals surface area contributed by atoms with E-state index in [-0.39, 0.29) is 5.56 Å². The normalized spacial score (nSPS) is 13.6. The van der Waals surface area contributed by atoms with Crippen LogP contribution in [0.1, 0.15) is 22.7 Å². The summed E-state index contributed by atoms with van der Waals surface area (Å²) >= 11 is 3.03. The third-order valence-electron chi connectivity index (χ3n) is 2.56. The van der Waals surface area contributed by atoms with Crippen LogP contribution in [0.5, 0.6) is 0 Å². The van der Waals surface area contributed by atoms with Crippen molar-refractivity contribution in [3.8, 4) is 0 Å². The summed E-state index contributed by atoms with van der Waals surface area (Å²) in [6, 6.07) is 4.60. The molecule has 0 saturated carbocycles. The zero-order valence-electron chi connectivity index (χ0n) is 9.04. The Kier molecular flexibility index (Phi) is 3.49. The lowest BCUT2D eigenvalue weighted by Gasteiger charge is -2.17. The van der Waals surface area contributed by atoms with Gasteiger partial charge in [-0.3, -0.25) is 0 Å². The van der Waals surface area contributed by atoms with Gasteiger partial charge < -0.3 is 10.2 Å². The Hall–Kier alpha value is -1.27. The standard InChI is InChI=1S/C12H9BrF3NO/c13-8-1-2-9(10(5-8)12(14,15)16)11(17)7-3-4-18-6-7/h1-6,11H,17H2. The van der Waals surface area contributed by atoms with Crippen LogP contribution in [0.2, 0.25) is 0 Å². The van der Waals surface area contributed by atoms with Gasteiger partial charge >= 0.3 is 6.18 Å². The average Bonchev–Trinajstić information content (AvgIpc) is 2.80. The number of benzene rings is 1. The average molecular weight is 320 g/mol. The highest BCUT2D eigenvalue weighted by molar-refractivity contribution is 9.10. The molecule has 0 bridgehead atoms. The smallest absolute Gasteiger partial charge is 0.416 e. The molecule has 2 rings (SSSR count). The molecule has 0 spiro atoms. The van der Waals surface area contributed by atoms with Crippen molar-refractivity contribution in [2.45, 2.75) is 12.2 Å². The Morgan fingerprint density at radius 1 is 1.22 bits per heavy atom. The summed E-state index contributed by atoms with van der Waals surface area (Å²) in [5.74, 6) is 0. The van der Waals surface area contributed by atoms with Crippen LogP contribution in [0.15, 0.2) is 45.7 Å². The van der Waals surface area contributed by atoms with E-state index in [4.69, 9.17) is 10.2 Å². The lowest BCUT2D eigenvalue weighted by molar-refractivity contribution is -0.138. The minimum atomic E-state index is -4.44. The predicted octanol–water partition coefficient (Wildman–Crippen LogP) is 4.11. The zero-order valence-corrected chi connectivity index (χ0v) is 10.6. The molecule has 1 atom stereocenters. The second kappa shape index (κ2) is 4.78. The van der Waals surface area contributed by atoms with Crippen molar-refractivity contribution >= 4 is 15.9 Å². The Labute approximate surface area is 110 Å². The van der Waals surface area contributed by atoms with Gasteiger partial charge in [0, 0.05) is 10.0 Å². The number of halogens is 4. The van der Waals surface area contributed by atoms with Gasteiger partial charge in [-0.05, 0) is 23.8 Å². The molecule has 2 aromatic rings. The zero-order chi connectivity index (χ0) is 13.3. The maximum atomic E-state index is 12.9. The van der Waals surface area contributed by atoms with E-state index in [1.807, 2.05) is 0 Å². The highest BCUT2D eigenvalue weighted by atomic mass is 79.9. The van der Waals surface area contributed by atoms with Crippen molar-refractivity contribution in [1.82, 2.24) is 0 Å². The molecule has 1 unspecified atom stereocenters. The molecule has 96 valence electrons. The second-order valence-electron chi connectivity index (χ2n) is 3.76. The number of alkyl halides is 3. The van der Waals surface area contributed by atoms with E-state index in [1.165, 1.54) is 24.7 Å². The quantitative estimate of drug-likeness (QED) is 0.904. The van der Waals surface area contributed by atoms with E-state index in [0.29, 0.717) is 10.0 Å². The van der Waals surface area contributed by atoms with Crippen LogP contribution in [0.4, 0.5) is 13.2 Å². The molecule has 6 heteroatoms. The molecule has 0 radical (unpaired) electrons. The Bertz CT molecular complexity index is 537. The molecule has 0 saturated heterocycles. The molecule has 2 N–H and O–H groups in total. The van der Waals surface area contributed by atoms with Crippen LogP contribution in [-0.4, -0.2) is 0 Å². The Morgan fingerprint density at radius 3 is 2.50 bits per heavy atom. The van der Waals surface area contributed by atoms with Gasteiger partial charge in [0.15, 0.2) is 0 Å². The molecule has 1 aromatic heterocycles. The molecule has 0 aliphatic carbocycles. The Morgan fingerprint density at radius 2 is 1.94 bits per heavy atom. The lowest BCUT2D eigenvalue weighted by atomic mass is 9.96. The molecule has 18 heavy (non-hydrogen) atoms. The predicted molar refractivity (Wildman–Crippen MR) is 63.9 cm³/mol. The van der Waals surface area contributed by atoms with Crippen molar-refractivity contribution in [3.05, 3.63) is 58.0 Å². The fourth-order valence-electron chi connectivity index (χ4n) is 1.68. The summed E-state index contributed by atoms with van der Waals surface area (Å²) in [5.41, 5.74) is 5.61. The first-order valence-electron chi connectivity index (χ1n) is 5.04. The third-order valence-corrected chi connectivity index (χ3v) is 3.05. The minimum absolute atomic E-state index is 0.0205. The summed E-state index contributed by atoms with van der Waals surface area (Å²) < 4.78 is 44.0. The summed E-state index contributed by atoms with van der Waals surface area (Å²) in [5, 5.41) is 0. The minimum Gasteiger partial charge on any atom is -0.472 e. The number of rotatable bonds is 2. The first-order valence-corrected chi connectivity index (χ1v) is 5.83. The van der Waals surface area contributed by atoms with E-state index in [0.717, 1.165) is 6.07 Å². The number of hydrogen-bond donors (Lipinski definition) is 1. The molecule has 0 aliphatic rings. The fourth-order valence-corrected chi connectivity index (χ4v) is 2.04.